The number of H-pyrrole nitrogens is 1. The number of hydrogen-bond acceptors (Lipinski definition) is 5. The minimum Gasteiger partial charge on any atom is -0.307 e. The molecule has 62 valence electrons. The highest BCUT2D eigenvalue weighted by Gasteiger charge is 2.27. The zero-order valence-electron chi connectivity index (χ0n) is 6.14. The molecule has 0 aliphatic carbocycles. The predicted octanol–water partition coefficient (Wildman–Crippen LogP) is -0.0841. The molecule has 0 spiro atoms. The Morgan fingerprint density at radius 1 is 1.55 bits per heavy atom. The zero-order valence-corrected chi connectivity index (χ0v) is 7.04. The molecule has 0 fully saturated rings. The molecule has 0 radical (unpaired) electrons. The summed E-state index contributed by atoms with van der Waals surface area (Å²) in [5.41, 5.74) is 0.183. The van der Waals surface area contributed by atoms with Gasteiger partial charge in [-0.3, -0.25) is 4.57 Å². The van der Waals surface area contributed by atoms with Crippen molar-refractivity contribution in [2.75, 3.05) is 14.2 Å². The minimum atomic E-state index is -3.19. The van der Waals surface area contributed by atoms with E-state index in [4.69, 9.17) is 0 Å². The summed E-state index contributed by atoms with van der Waals surface area (Å²) in [5.74, 6) is 0. The van der Waals surface area contributed by atoms with Gasteiger partial charge in [-0.25, -0.2) is 0 Å². The molecule has 1 aromatic heterocycles. The van der Waals surface area contributed by atoms with Gasteiger partial charge in [-0.15, -0.1) is 5.10 Å². The second kappa shape index (κ2) is 3.13. The van der Waals surface area contributed by atoms with Gasteiger partial charge in [0.25, 0.3) is 0 Å². The van der Waals surface area contributed by atoms with Gasteiger partial charge in [-0.1, -0.05) is 0 Å². The lowest BCUT2D eigenvalue weighted by Gasteiger charge is -2.08. The van der Waals surface area contributed by atoms with Crippen molar-refractivity contribution in [3.8, 4) is 0 Å². The van der Waals surface area contributed by atoms with Gasteiger partial charge in [-0.2, -0.15) is 10.3 Å². The Morgan fingerprint density at radius 3 is 2.55 bits per heavy atom. The highest BCUT2D eigenvalue weighted by atomic mass is 31.2. The Labute approximate surface area is 63.4 Å². The largest absolute Gasteiger partial charge is 0.382 e. The van der Waals surface area contributed by atoms with Gasteiger partial charge in [-0.05, 0) is 0 Å². The summed E-state index contributed by atoms with van der Waals surface area (Å²) in [7, 11) is -0.609. The maximum absolute atomic E-state index is 11.4. The SMILES string of the molecule is COP(=O)(OC)c1cn[nH]n1. The van der Waals surface area contributed by atoms with Crippen LogP contribution in [-0.4, -0.2) is 29.6 Å². The molecule has 0 aliphatic rings. The molecular formula is C4H8N3O3P. The molecule has 1 rings (SSSR count). The van der Waals surface area contributed by atoms with Crippen molar-refractivity contribution >= 4 is 13.0 Å². The Hall–Kier alpha value is -0.710. The number of nitrogens with zero attached hydrogens (tertiary/aromatic N) is 2. The maximum atomic E-state index is 11.4. The number of nitrogens with one attached hydrogen (secondary N) is 1. The van der Waals surface area contributed by atoms with E-state index in [0.29, 0.717) is 0 Å². The molecule has 1 N–H and O–H groups in total. The van der Waals surface area contributed by atoms with Crippen LogP contribution in [-0.2, 0) is 13.6 Å². The Balaban J connectivity index is 2.97. The third kappa shape index (κ3) is 1.48. The van der Waals surface area contributed by atoms with E-state index in [2.05, 4.69) is 24.5 Å². The first-order valence-electron chi connectivity index (χ1n) is 2.81. The van der Waals surface area contributed by atoms with Crippen LogP contribution in [0.2, 0.25) is 0 Å². The predicted molar refractivity (Wildman–Crippen MR) is 37.6 cm³/mol. The van der Waals surface area contributed by atoms with Crippen LogP contribution in [0.4, 0.5) is 0 Å². The van der Waals surface area contributed by atoms with Gasteiger partial charge in [0.15, 0.2) is 5.44 Å². The fourth-order valence-electron chi connectivity index (χ4n) is 0.589. The van der Waals surface area contributed by atoms with Gasteiger partial charge < -0.3 is 9.05 Å². The van der Waals surface area contributed by atoms with Crippen LogP contribution in [0.3, 0.4) is 0 Å². The number of aromatic nitrogens is 3. The van der Waals surface area contributed by atoms with Crippen LogP contribution in [0.1, 0.15) is 0 Å². The standard InChI is InChI=1S/C4H8N3O3P/c1-9-11(8,10-2)4-3-5-7-6-4/h3H,1-2H3,(H,5,6,7). The van der Waals surface area contributed by atoms with Gasteiger partial charge in [0.2, 0.25) is 0 Å². The molecule has 0 aliphatic heterocycles. The summed E-state index contributed by atoms with van der Waals surface area (Å²) in [5, 5.41) is 9.37. The van der Waals surface area contributed by atoms with Crippen molar-refractivity contribution in [1.29, 1.82) is 0 Å². The summed E-state index contributed by atoms with van der Waals surface area (Å²) >= 11 is 0. The van der Waals surface area contributed by atoms with Crippen molar-refractivity contribution in [3.63, 3.8) is 0 Å². The van der Waals surface area contributed by atoms with Crippen molar-refractivity contribution in [1.82, 2.24) is 15.4 Å². The van der Waals surface area contributed by atoms with Gasteiger partial charge in [0.05, 0.1) is 6.20 Å². The number of hydrogen-bond donors (Lipinski definition) is 1. The molecule has 1 heterocycles. The molecule has 0 aromatic carbocycles. The van der Waals surface area contributed by atoms with E-state index in [1.54, 1.807) is 0 Å². The van der Waals surface area contributed by atoms with E-state index in [1.807, 2.05) is 0 Å². The van der Waals surface area contributed by atoms with Gasteiger partial charge in [0, 0.05) is 14.2 Å². The molecule has 0 saturated heterocycles. The molecule has 0 saturated carbocycles. The second-order valence-corrected chi connectivity index (χ2v) is 3.87. The van der Waals surface area contributed by atoms with Crippen LogP contribution in [0.5, 0.6) is 0 Å². The average Bonchev–Trinajstić information content (AvgIpc) is 2.55. The van der Waals surface area contributed by atoms with Crippen molar-refractivity contribution in [3.05, 3.63) is 6.20 Å². The maximum Gasteiger partial charge on any atom is 0.382 e. The highest BCUT2D eigenvalue weighted by Crippen LogP contribution is 2.43. The summed E-state index contributed by atoms with van der Waals surface area (Å²) in [4.78, 5) is 0. The quantitative estimate of drug-likeness (QED) is 0.653. The summed E-state index contributed by atoms with van der Waals surface area (Å²) in [6.45, 7) is 0. The first kappa shape index (κ1) is 8.39. The summed E-state index contributed by atoms with van der Waals surface area (Å²) in [6, 6.07) is 0. The molecule has 0 bridgehead atoms. The second-order valence-electron chi connectivity index (χ2n) is 1.69. The molecule has 7 heteroatoms. The topological polar surface area (TPSA) is 77.1 Å². The van der Waals surface area contributed by atoms with Crippen LogP contribution >= 0.6 is 7.60 Å². The first-order valence-corrected chi connectivity index (χ1v) is 4.35. The third-order valence-corrected chi connectivity index (χ3v) is 2.90. The molecular weight excluding hydrogens is 169 g/mol. The normalized spacial score (nSPS) is 11.8. The fourth-order valence-corrected chi connectivity index (χ4v) is 1.48. The van der Waals surface area contributed by atoms with Crippen LogP contribution in [0, 0.1) is 0 Å². The average molecular weight is 177 g/mol. The van der Waals surface area contributed by atoms with E-state index in [9.17, 15) is 4.57 Å². The van der Waals surface area contributed by atoms with Crippen molar-refractivity contribution in [2.45, 2.75) is 0 Å². The van der Waals surface area contributed by atoms with Crippen molar-refractivity contribution in [2.24, 2.45) is 0 Å². The molecule has 0 amide bonds. The van der Waals surface area contributed by atoms with E-state index >= 15 is 0 Å². The van der Waals surface area contributed by atoms with E-state index < -0.39 is 7.60 Å². The fraction of sp³-hybridized carbons (Fsp3) is 0.500. The lowest BCUT2D eigenvalue weighted by Crippen LogP contribution is -2.08. The Bertz CT molecular complexity index is 252. The molecule has 0 atom stereocenters. The number of aromatic amines is 1. The van der Waals surface area contributed by atoms with Crippen LogP contribution in [0.15, 0.2) is 6.20 Å². The molecule has 11 heavy (non-hydrogen) atoms. The van der Waals surface area contributed by atoms with Gasteiger partial charge in [0.1, 0.15) is 0 Å². The Kier molecular flexibility index (Phi) is 2.38. The monoisotopic (exact) mass is 177 g/mol. The summed E-state index contributed by atoms with van der Waals surface area (Å²) < 4.78 is 20.7. The van der Waals surface area contributed by atoms with E-state index in [0.717, 1.165) is 0 Å². The Morgan fingerprint density at radius 2 is 2.18 bits per heavy atom. The highest BCUT2D eigenvalue weighted by molar-refractivity contribution is 7.61. The smallest absolute Gasteiger partial charge is 0.307 e. The molecule has 6 nitrogen and oxygen atoms in total. The first-order chi connectivity index (χ1) is 5.23. The van der Waals surface area contributed by atoms with Crippen LogP contribution < -0.4 is 5.44 Å². The van der Waals surface area contributed by atoms with Crippen molar-refractivity contribution < 1.29 is 13.6 Å². The zero-order chi connectivity index (χ0) is 8.32. The lowest BCUT2D eigenvalue weighted by atomic mass is 11.0. The molecule has 1 aromatic rings. The van der Waals surface area contributed by atoms with E-state index in [1.165, 1.54) is 20.4 Å². The van der Waals surface area contributed by atoms with Gasteiger partial charge >= 0.3 is 7.60 Å². The number of rotatable bonds is 3. The third-order valence-electron chi connectivity index (χ3n) is 1.16. The minimum absolute atomic E-state index is 0.183. The molecule has 0 unspecified atom stereocenters. The van der Waals surface area contributed by atoms with Crippen LogP contribution in [0.25, 0.3) is 0 Å². The summed E-state index contributed by atoms with van der Waals surface area (Å²) in [6.07, 6.45) is 1.30. The lowest BCUT2D eigenvalue weighted by molar-refractivity contribution is 0.286. The van der Waals surface area contributed by atoms with E-state index in [-0.39, 0.29) is 5.44 Å².